The van der Waals surface area contributed by atoms with Gasteiger partial charge in [-0.1, -0.05) is 6.07 Å². The van der Waals surface area contributed by atoms with Crippen LogP contribution in [0.25, 0.3) is 11.3 Å². The molecule has 2 heterocycles. The van der Waals surface area contributed by atoms with E-state index in [2.05, 4.69) is 26.5 Å². The Balaban J connectivity index is 1.95. The third kappa shape index (κ3) is 2.02. The molecule has 0 N–H and O–H groups in total. The van der Waals surface area contributed by atoms with Crippen molar-refractivity contribution < 1.29 is 0 Å². The first kappa shape index (κ1) is 11.3. The summed E-state index contributed by atoms with van der Waals surface area (Å²) in [6, 6.07) is 9.21. The number of benzene rings is 1. The highest BCUT2D eigenvalue weighted by atomic mass is 15.6. The van der Waals surface area contributed by atoms with E-state index < -0.39 is 0 Å². The first-order valence-corrected chi connectivity index (χ1v) is 5.82. The first-order valence-electron chi connectivity index (χ1n) is 5.82. The molecule has 2 aromatic rings. The van der Waals surface area contributed by atoms with Gasteiger partial charge >= 0.3 is 0 Å². The van der Waals surface area contributed by atoms with Crippen LogP contribution < -0.4 is 0 Å². The molecule has 1 aliphatic rings. The quantitative estimate of drug-likeness (QED) is 0.806. The molecule has 1 aromatic heterocycles. The lowest BCUT2D eigenvalue weighted by atomic mass is 10.1. The fraction of sp³-hybridized carbons (Fsp3) is 0.154. The second-order valence-corrected chi connectivity index (χ2v) is 4.16. The molecule has 0 saturated heterocycles. The van der Waals surface area contributed by atoms with E-state index in [9.17, 15) is 0 Å². The molecule has 1 aliphatic heterocycles. The maximum absolute atomic E-state index is 8.88. The number of rotatable bonds is 2. The molecule has 1 unspecified atom stereocenters. The van der Waals surface area contributed by atoms with Crippen molar-refractivity contribution >= 4 is 11.8 Å². The summed E-state index contributed by atoms with van der Waals surface area (Å²) in [6.07, 6.45) is 3.63. The molecule has 0 amide bonds. The van der Waals surface area contributed by atoms with E-state index in [0.717, 1.165) is 5.57 Å². The average molecular weight is 250 g/mol. The summed E-state index contributed by atoms with van der Waals surface area (Å²) in [5.74, 6) is 0.562. The van der Waals surface area contributed by atoms with Gasteiger partial charge in [-0.3, -0.25) is 4.99 Å². The second-order valence-electron chi connectivity index (χ2n) is 4.16. The normalized spacial score (nSPS) is 17.3. The third-order valence-corrected chi connectivity index (χ3v) is 2.89. The predicted molar refractivity (Wildman–Crippen MR) is 69.8 cm³/mol. The maximum atomic E-state index is 8.88. The molecule has 19 heavy (non-hydrogen) atoms. The Bertz CT molecular complexity index is 719. The molecule has 0 radical (unpaired) electrons. The topological polar surface area (TPSA) is 79.8 Å². The zero-order valence-corrected chi connectivity index (χ0v) is 10.2. The molecule has 6 nitrogen and oxygen atoms in total. The van der Waals surface area contributed by atoms with Gasteiger partial charge in [-0.05, 0) is 36.4 Å². The molecule has 92 valence electrons. The van der Waals surface area contributed by atoms with Gasteiger partial charge in [0.25, 0.3) is 0 Å². The van der Waals surface area contributed by atoms with Crippen LogP contribution in [-0.2, 0) is 0 Å². The van der Waals surface area contributed by atoms with Crippen molar-refractivity contribution in [1.82, 2.24) is 20.2 Å². The molecule has 0 saturated carbocycles. The van der Waals surface area contributed by atoms with Crippen molar-refractivity contribution in [2.75, 3.05) is 0 Å². The van der Waals surface area contributed by atoms with E-state index in [-0.39, 0.29) is 6.04 Å². The zero-order chi connectivity index (χ0) is 13.2. The van der Waals surface area contributed by atoms with Crippen LogP contribution in [-0.4, -0.2) is 32.5 Å². The van der Waals surface area contributed by atoms with Crippen molar-refractivity contribution in [2.45, 2.75) is 13.0 Å². The second kappa shape index (κ2) is 4.46. The van der Waals surface area contributed by atoms with E-state index >= 15 is 0 Å². The van der Waals surface area contributed by atoms with Gasteiger partial charge in [0.05, 0.1) is 23.4 Å². The van der Waals surface area contributed by atoms with Gasteiger partial charge in [0, 0.05) is 11.8 Å². The highest BCUT2D eigenvalue weighted by Gasteiger charge is 2.18. The Kier molecular flexibility index (Phi) is 2.65. The molecular weight excluding hydrogens is 240 g/mol. The summed E-state index contributed by atoms with van der Waals surface area (Å²) in [5.41, 5.74) is 2.22. The summed E-state index contributed by atoms with van der Waals surface area (Å²) >= 11 is 0. The van der Waals surface area contributed by atoms with Crippen LogP contribution in [0.5, 0.6) is 0 Å². The molecule has 0 aliphatic carbocycles. The molecule has 1 atom stereocenters. The van der Waals surface area contributed by atoms with Crippen LogP contribution in [0.15, 0.2) is 35.3 Å². The standard InChI is InChI=1S/C13H10N6/c1-9-12(5-6-15-9)13-16-18-19(17-13)11-4-2-3-10(7-11)8-14/h2-7,9H,1H3. The van der Waals surface area contributed by atoms with E-state index in [1.165, 1.54) is 4.80 Å². The Morgan fingerprint density at radius 3 is 3.00 bits per heavy atom. The summed E-state index contributed by atoms with van der Waals surface area (Å²) in [7, 11) is 0. The largest absolute Gasteiger partial charge is 0.285 e. The molecule has 1 aromatic carbocycles. The molecule has 3 rings (SSSR count). The maximum Gasteiger partial charge on any atom is 0.203 e. The number of aliphatic imine (C=N–C) groups is 1. The van der Waals surface area contributed by atoms with Crippen LogP contribution in [0.3, 0.4) is 0 Å². The van der Waals surface area contributed by atoms with Gasteiger partial charge in [-0.2, -0.15) is 5.26 Å². The average Bonchev–Trinajstić information content (AvgIpc) is 3.07. The number of hydrogen-bond donors (Lipinski definition) is 0. The minimum atomic E-state index is 0.0584. The summed E-state index contributed by atoms with van der Waals surface area (Å²) in [6.45, 7) is 1.98. The number of nitriles is 1. The first-order chi connectivity index (χ1) is 9.28. The lowest BCUT2D eigenvalue weighted by molar-refractivity contribution is 0.719. The van der Waals surface area contributed by atoms with E-state index in [1.54, 1.807) is 24.4 Å². The zero-order valence-electron chi connectivity index (χ0n) is 10.2. The molecule has 0 bridgehead atoms. The Morgan fingerprint density at radius 1 is 1.37 bits per heavy atom. The fourth-order valence-electron chi connectivity index (χ4n) is 1.87. The van der Waals surface area contributed by atoms with Crippen molar-refractivity contribution in [2.24, 2.45) is 4.99 Å². The summed E-state index contributed by atoms with van der Waals surface area (Å²) < 4.78 is 0. The number of nitrogens with zero attached hydrogens (tertiary/aromatic N) is 6. The monoisotopic (exact) mass is 250 g/mol. The summed E-state index contributed by atoms with van der Waals surface area (Å²) in [5, 5.41) is 21.2. The van der Waals surface area contributed by atoms with Crippen LogP contribution in [0.4, 0.5) is 0 Å². The number of aromatic nitrogens is 4. The number of allylic oxidation sites excluding steroid dienone is 1. The predicted octanol–water partition coefficient (Wildman–Crippen LogP) is 1.39. The van der Waals surface area contributed by atoms with Crippen molar-refractivity contribution in [3.63, 3.8) is 0 Å². The molecule has 6 heteroatoms. The minimum absolute atomic E-state index is 0.0584. The molecule has 0 spiro atoms. The fourth-order valence-corrected chi connectivity index (χ4v) is 1.87. The minimum Gasteiger partial charge on any atom is -0.285 e. The Hall–Kier alpha value is -2.81. The van der Waals surface area contributed by atoms with Gasteiger partial charge in [0.2, 0.25) is 5.82 Å². The van der Waals surface area contributed by atoms with Gasteiger partial charge in [0.15, 0.2) is 0 Å². The van der Waals surface area contributed by atoms with Gasteiger partial charge in [0.1, 0.15) is 0 Å². The van der Waals surface area contributed by atoms with Crippen molar-refractivity contribution in [3.8, 4) is 11.8 Å². The van der Waals surface area contributed by atoms with E-state index in [0.29, 0.717) is 17.1 Å². The molecular formula is C13H10N6. The van der Waals surface area contributed by atoms with Gasteiger partial charge in [-0.25, -0.2) is 0 Å². The van der Waals surface area contributed by atoms with Crippen LogP contribution in [0.2, 0.25) is 0 Å². The van der Waals surface area contributed by atoms with Crippen LogP contribution in [0.1, 0.15) is 18.3 Å². The highest BCUT2D eigenvalue weighted by Crippen LogP contribution is 2.20. The number of hydrogen-bond acceptors (Lipinski definition) is 5. The SMILES string of the molecule is CC1N=CC=C1c1nnn(-c2cccc(C#N)c2)n1. The van der Waals surface area contributed by atoms with E-state index in [4.69, 9.17) is 5.26 Å². The van der Waals surface area contributed by atoms with Crippen molar-refractivity contribution in [1.29, 1.82) is 5.26 Å². The van der Waals surface area contributed by atoms with Crippen molar-refractivity contribution in [3.05, 3.63) is 41.7 Å². The van der Waals surface area contributed by atoms with Crippen LogP contribution in [0, 0.1) is 11.3 Å². The lowest BCUT2D eigenvalue weighted by Gasteiger charge is -2.01. The highest BCUT2D eigenvalue weighted by molar-refractivity contribution is 5.89. The Morgan fingerprint density at radius 2 is 2.26 bits per heavy atom. The smallest absolute Gasteiger partial charge is 0.203 e. The van der Waals surface area contributed by atoms with Gasteiger partial charge in [-0.15, -0.1) is 15.0 Å². The summed E-state index contributed by atoms with van der Waals surface area (Å²) in [4.78, 5) is 5.64. The van der Waals surface area contributed by atoms with Gasteiger partial charge < -0.3 is 0 Å². The van der Waals surface area contributed by atoms with Crippen LogP contribution >= 0.6 is 0 Å². The lowest BCUT2D eigenvalue weighted by Crippen LogP contribution is -2.02. The Labute approximate surface area is 109 Å². The number of tetrazole rings is 1. The van der Waals surface area contributed by atoms with E-state index in [1.807, 2.05) is 19.1 Å². The third-order valence-electron chi connectivity index (χ3n) is 2.89. The molecule has 0 fully saturated rings.